The molecule has 1 heterocycles. The highest BCUT2D eigenvalue weighted by atomic mass is 79.9. The van der Waals surface area contributed by atoms with Crippen LogP contribution in [0, 0.1) is 0 Å². The molecule has 19 heavy (non-hydrogen) atoms. The van der Waals surface area contributed by atoms with Crippen LogP contribution in [0.3, 0.4) is 0 Å². The molecule has 0 saturated carbocycles. The van der Waals surface area contributed by atoms with Gasteiger partial charge < -0.3 is 10.5 Å². The first kappa shape index (κ1) is 13.9. The van der Waals surface area contributed by atoms with Gasteiger partial charge in [0.2, 0.25) is 0 Å². The predicted octanol–water partition coefficient (Wildman–Crippen LogP) is 2.15. The van der Waals surface area contributed by atoms with Gasteiger partial charge in [-0.2, -0.15) is 0 Å². The molecule has 0 unspecified atom stereocenters. The van der Waals surface area contributed by atoms with Crippen molar-refractivity contribution in [3.05, 3.63) is 44.8 Å². The predicted molar refractivity (Wildman–Crippen MR) is 78.5 cm³/mol. The van der Waals surface area contributed by atoms with Crippen molar-refractivity contribution in [3.8, 4) is 5.69 Å². The van der Waals surface area contributed by atoms with E-state index < -0.39 is 0 Å². The molecule has 0 amide bonds. The number of hydrogen-bond donors (Lipinski definition) is 1. The van der Waals surface area contributed by atoms with Crippen LogP contribution in [0.5, 0.6) is 0 Å². The highest BCUT2D eigenvalue weighted by molar-refractivity contribution is 9.10. The molecule has 0 atom stereocenters. The fraction of sp³-hybridized carbons (Fsp3) is 0.308. The van der Waals surface area contributed by atoms with Crippen molar-refractivity contribution in [1.29, 1.82) is 0 Å². The lowest BCUT2D eigenvalue weighted by Gasteiger charge is -2.12. The zero-order chi connectivity index (χ0) is 14.0. The van der Waals surface area contributed by atoms with E-state index in [0.717, 1.165) is 10.2 Å². The summed E-state index contributed by atoms with van der Waals surface area (Å²) in [6.45, 7) is 2.92. The van der Waals surface area contributed by atoms with Gasteiger partial charge in [0.05, 0.1) is 18.0 Å². The first-order chi connectivity index (χ1) is 9.10. The molecule has 0 aliphatic carbocycles. The molecule has 1 aromatic carbocycles. The number of nitrogen functional groups attached to an aromatic ring is 1. The third-order valence-electron chi connectivity index (χ3n) is 2.94. The van der Waals surface area contributed by atoms with E-state index in [2.05, 4.69) is 15.9 Å². The highest BCUT2D eigenvalue weighted by Crippen LogP contribution is 2.17. The zero-order valence-corrected chi connectivity index (χ0v) is 12.5. The number of rotatable bonds is 4. The quantitative estimate of drug-likeness (QED) is 0.936. The molecular formula is C13H16BrN3O2. The van der Waals surface area contributed by atoms with Gasteiger partial charge in [0.1, 0.15) is 5.69 Å². The smallest absolute Gasteiger partial charge is 0.294 e. The van der Waals surface area contributed by atoms with Crippen LogP contribution < -0.4 is 11.3 Å². The SMILES string of the molecule is CCn1c(COC)c(N)c(=O)n1-c1ccc(Br)cc1. The normalized spacial score (nSPS) is 10.9. The number of nitrogens with zero attached hydrogens (tertiary/aromatic N) is 2. The number of halogens is 1. The van der Waals surface area contributed by atoms with Crippen molar-refractivity contribution < 1.29 is 4.74 Å². The van der Waals surface area contributed by atoms with E-state index in [4.69, 9.17) is 10.5 Å². The molecule has 0 fully saturated rings. The molecule has 0 aliphatic heterocycles. The topological polar surface area (TPSA) is 62.2 Å². The lowest BCUT2D eigenvalue weighted by Crippen LogP contribution is -2.22. The summed E-state index contributed by atoms with van der Waals surface area (Å²) in [5.41, 5.74) is 7.41. The first-order valence-electron chi connectivity index (χ1n) is 5.95. The van der Waals surface area contributed by atoms with Crippen molar-refractivity contribution in [3.63, 3.8) is 0 Å². The molecule has 0 saturated heterocycles. The van der Waals surface area contributed by atoms with Gasteiger partial charge >= 0.3 is 0 Å². The maximum atomic E-state index is 12.3. The number of benzene rings is 1. The van der Waals surface area contributed by atoms with Gasteiger partial charge in [-0.1, -0.05) is 15.9 Å². The fourth-order valence-electron chi connectivity index (χ4n) is 2.07. The van der Waals surface area contributed by atoms with Crippen LogP contribution in [0.1, 0.15) is 12.6 Å². The summed E-state index contributed by atoms with van der Waals surface area (Å²) in [5, 5.41) is 0. The lowest BCUT2D eigenvalue weighted by molar-refractivity contribution is 0.176. The van der Waals surface area contributed by atoms with E-state index >= 15 is 0 Å². The van der Waals surface area contributed by atoms with E-state index in [0.29, 0.717) is 18.8 Å². The monoisotopic (exact) mass is 325 g/mol. The Morgan fingerprint density at radius 2 is 1.95 bits per heavy atom. The van der Waals surface area contributed by atoms with Crippen LogP contribution in [0.4, 0.5) is 5.69 Å². The molecule has 2 N–H and O–H groups in total. The van der Waals surface area contributed by atoms with Crippen molar-refractivity contribution >= 4 is 21.6 Å². The van der Waals surface area contributed by atoms with Crippen molar-refractivity contribution in [1.82, 2.24) is 9.36 Å². The van der Waals surface area contributed by atoms with Crippen molar-refractivity contribution in [2.75, 3.05) is 12.8 Å². The summed E-state index contributed by atoms with van der Waals surface area (Å²) in [7, 11) is 1.58. The molecular weight excluding hydrogens is 310 g/mol. The van der Waals surface area contributed by atoms with E-state index in [9.17, 15) is 4.79 Å². The summed E-state index contributed by atoms with van der Waals surface area (Å²) in [4.78, 5) is 12.3. The standard InChI is InChI=1S/C13H16BrN3O2/c1-3-16-11(8-19-2)12(15)13(18)17(16)10-6-4-9(14)5-7-10/h4-7H,3,8,15H2,1-2H3. The molecule has 1 aromatic heterocycles. The Labute approximate surface area is 119 Å². The zero-order valence-electron chi connectivity index (χ0n) is 10.9. The van der Waals surface area contributed by atoms with Crippen LogP contribution in [-0.4, -0.2) is 16.5 Å². The van der Waals surface area contributed by atoms with Crippen LogP contribution in [0.2, 0.25) is 0 Å². The Morgan fingerprint density at radius 1 is 1.32 bits per heavy atom. The maximum absolute atomic E-state index is 12.3. The molecule has 2 rings (SSSR count). The summed E-state index contributed by atoms with van der Waals surface area (Å²) in [5.74, 6) is 0. The number of ether oxygens (including phenoxy) is 1. The summed E-state index contributed by atoms with van der Waals surface area (Å²) in [6.07, 6.45) is 0. The first-order valence-corrected chi connectivity index (χ1v) is 6.74. The van der Waals surface area contributed by atoms with Crippen molar-refractivity contribution in [2.24, 2.45) is 0 Å². The van der Waals surface area contributed by atoms with Crippen LogP contribution in [-0.2, 0) is 17.9 Å². The van der Waals surface area contributed by atoms with Crippen LogP contribution >= 0.6 is 15.9 Å². The molecule has 0 aliphatic rings. The molecule has 0 spiro atoms. The summed E-state index contributed by atoms with van der Waals surface area (Å²) >= 11 is 3.38. The molecule has 102 valence electrons. The van der Waals surface area contributed by atoms with Gasteiger partial charge in [-0.25, -0.2) is 4.68 Å². The number of hydrogen-bond acceptors (Lipinski definition) is 3. The van der Waals surface area contributed by atoms with Gasteiger partial charge in [-0.05, 0) is 31.2 Å². The summed E-state index contributed by atoms with van der Waals surface area (Å²) < 4.78 is 9.49. The minimum atomic E-state index is -0.212. The number of aromatic nitrogens is 2. The number of methoxy groups -OCH3 is 1. The summed E-state index contributed by atoms with van der Waals surface area (Å²) in [6, 6.07) is 7.52. The Hall–Kier alpha value is -1.53. The average Bonchev–Trinajstić information content (AvgIpc) is 2.65. The maximum Gasteiger partial charge on any atom is 0.294 e. The second-order valence-corrected chi connectivity index (χ2v) is 5.02. The van der Waals surface area contributed by atoms with Crippen molar-refractivity contribution in [2.45, 2.75) is 20.1 Å². The molecule has 0 bridgehead atoms. The van der Waals surface area contributed by atoms with E-state index in [-0.39, 0.29) is 11.2 Å². The largest absolute Gasteiger partial charge is 0.393 e. The van der Waals surface area contributed by atoms with Gasteiger partial charge in [0.15, 0.2) is 0 Å². The fourth-order valence-corrected chi connectivity index (χ4v) is 2.33. The number of nitrogens with two attached hydrogens (primary N) is 1. The molecule has 6 heteroatoms. The Bertz CT molecular complexity index is 629. The minimum Gasteiger partial charge on any atom is -0.393 e. The van der Waals surface area contributed by atoms with E-state index in [1.807, 2.05) is 35.9 Å². The molecule has 0 radical (unpaired) electrons. The third kappa shape index (κ3) is 2.46. The molecule has 2 aromatic rings. The molecule has 5 nitrogen and oxygen atoms in total. The van der Waals surface area contributed by atoms with Gasteiger partial charge in [-0.15, -0.1) is 0 Å². The minimum absolute atomic E-state index is 0.212. The van der Waals surface area contributed by atoms with E-state index in [1.165, 1.54) is 0 Å². The van der Waals surface area contributed by atoms with Gasteiger partial charge in [-0.3, -0.25) is 9.48 Å². The van der Waals surface area contributed by atoms with Crippen LogP contribution in [0.15, 0.2) is 33.5 Å². The third-order valence-corrected chi connectivity index (χ3v) is 3.47. The highest BCUT2D eigenvalue weighted by Gasteiger charge is 2.17. The second kappa shape index (κ2) is 5.63. The van der Waals surface area contributed by atoms with Gasteiger partial charge in [0.25, 0.3) is 5.56 Å². The van der Waals surface area contributed by atoms with E-state index in [1.54, 1.807) is 11.8 Å². The van der Waals surface area contributed by atoms with Gasteiger partial charge in [0, 0.05) is 18.1 Å². The lowest BCUT2D eigenvalue weighted by atomic mass is 10.3. The Balaban J connectivity index is 2.66. The van der Waals surface area contributed by atoms with Crippen LogP contribution in [0.25, 0.3) is 5.69 Å². The second-order valence-electron chi connectivity index (χ2n) is 4.10. The Kier molecular flexibility index (Phi) is 4.11. The Morgan fingerprint density at radius 3 is 2.47 bits per heavy atom. The average molecular weight is 326 g/mol. The number of anilines is 1.